The molecule has 8 heteroatoms. The van der Waals surface area contributed by atoms with Crippen molar-refractivity contribution in [1.29, 1.82) is 0 Å². The Balaban J connectivity index is 2.07. The third-order valence-electron chi connectivity index (χ3n) is 4.14. The van der Waals surface area contributed by atoms with Crippen LogP contribution in [0.3, 0.4) is 0 Å². The van der Waals surface area contributed by atoms with Gasteiger partial charge in [0.15, 0.2) is 11.8 Å². The summed E-state index contributed by atoms with van der Waals surface area (Å²) in [4.78, 5) is 16.7. The summed E-state index contributed by atoms with van der Waals surface area (Å²) in [5.41, 5.74) is -0.191. The van der Waals surface area contributed by atoms with Crippen molar-refractivity contribution in [1.82, 2.24) is 14.5 Å². The minimum atomic E-state index is -4.59. The van der Waals surface area contributed by atoms with Crippen molar-refractivity contribution in [3.8, 4) is 0 Å². The van der Waals surface area contributed by atoms with Crippen molar-refractivity contribution in [2.45, 2.75) is 57.8 Å². The first-order valence-corrected chi connectivity index (χ1v) is 8.11. The van der Waals surface area contributed by atoms with Crippen LogP contribution in [0.25, 0.3) is 0 Å². The first kappa shape index (κ1) is 18.4. The number of hydrogen-bond acceptors (Lipinski definition) is 3. The largest absolute Gasteiger partial charge is 0.503 e. The molecule has 1 atom stereocenters. The number of unbranched alkanes of at least 4 members (excludes halogenated alkanes) is 2. The summed E-state index contributed by atoms with van der Waals surface area (Å²) in [7, 11) is 0. The Hall–Kier alpha value is -1.99. The number of imidazole rings is 1. The van der Waals surface area contributed by atoms with E-state index in [1.165, 1.54) is 0 Å². The highest BCUT2D eigenvalue weighted by Gasteiger charge is 2.53. The van der Waals surface area contributed by atoms with Crippen molar-refractivity contribution in [3.63, 3.8) is 0 Å². The number of halogens is 3. The molecule has 2 rings (SSSR count). The summed E-state index contributed by atoms with van der Waals surface area (Å²) in [6, 6.07) is -2.01. The van der Waals surface area contributed by atoms with E-state index in [0.717, 1.165) is 17.7 Å². The predicted molar refractivity (Wildman–Crippen MR) is 82.2 cm³/mol. The van der Waals surface area contributed by atoms with Gasteiger partial charge in [0.1, 0.15) is 0 Å². The number of aryl methyl sites for hydroxylation is 1. The van der Waals surface area contributed by atoms with Gasteiger partial charge >= 0.3 is 6.18 Å². The molecular formula is C16H22F3N3O2. The smallest absolute Gasteiger partial charge is 0.412 e. The number of nitrogens with zero attached hydrogens (tertiary/aromatic N) is 3. The summed E-state index contributed by atoms with van der Waals surface area (Å²) in [5.74, 6) is -1.65. The number of carbonyl (C=O) groups excluding carboxylic acids is 1. The third-order valence-corrected chi connectivity index (χ3v) is 4.14. The molecule has 0 bridgehead atoms. The molecule has 2 heterocycles. The Kier molecular flexibility index (Phi) is 5.90. The second kappa shape index (κ2) is 7.72. The van der Waals surface area contributed by atoms with E-state index in [1.807, 2.05) is 6.92 Å². The van der Waals surface area contributed by atoms with Gasteiger partial charge in [-0.1, -0.05) is 19.8 Å². The quantitative estimate of drug-likeness (QED) is 0.734. The summed E-state index contributed by atoms with van der Waals surface area (Å²) in [6.07, 6.45) is 2.85. The van der Waals surface area contributed by atoms with Crippen LogP contribution in [0.15, 0.2) is 30.1 Å². The standard InChI is InChI=1S/C16H22F3N3O2/c1-2-3-4-6-12-13(23)15(24)22(14(12)16(17,18)19)9-5-8-21-10-7-20-11-21/h7,10-11,14,23H,2-6,8-9H2,1H3. The van der Waals surface area contributed by atoms with Gasteiger partial charge in [-0.05, 0) is 19.3 Å². The van der Waals surface area contributed by atoms with Crippen molar-refractivity contribution in [2.75, 3.05) is 6.54 Å². The summed E-state index contributed by atoms with van der Waals surface area (Å²) in [5, 5.41) is 9.92. The Bertz CT molecular complexity index is 582. The van der Waals surface area contributed by atoms with Crippen LogP contribution >= 0.6 is 0 Å². The van der Waals surface area contributed by atoms with E-state index in [9.17, 15) is 23.1 Å². The van der Waals surface area contributed by atoms with E-state index >= 15 is 0 Å². The van der Waals surface area contributed by atoms with Crippen LogP contribution in [-0.2, 0) is 11.3 Å². The van der Waals surface area contributed by atoms with E-state index in [1.54, 1.807) is 23.3 Å². The van der Waals surface area contributed by atoms with Crippen LogP contribution in [0.2, 0.25) is 0 Å². The fraction of sp³-hybridized carbons (Fsp3) is 0.625. The number of aliphatic hydroxyl groups excluding tert-OH is 1. The van der Waals surface area contributed by atoms with Gasteiger partial charge in [0.2, 0.25) is 0 Å². The Morgan fingerprint density at radius 3 is 2.58 bits per heavy atom. The maximum atomic E-state index is 13.5. The molecule has 1 N–H and O–H groups in total. The molecule has 1 unspecified atom stereocenters. The molecule has 1 aliphatic heterocycles. The molecule has 0 aromatic carbocycles. The zero-order valence-electron chi connectivity index (χ0n) is 13.6. The highest BCUT2D eigenvalue weighted by Crippen LogP contribution is 2.38. The SMILES string of the molecule is CCCCCC1=C(O)C(=O)N(CCCn2ccnc2)C1C(F)(F)F. The van der Waals surface area contributed by atoms with E-state index in [0.29, 0.717) is 19.4 Å². The van der Waals surface area contributed by atoms with Crippen molar-refractivity contribution >= 4 is 5.91 Å². The molecule has 1 aromatic rings. The molecule has 5 nitrogen and oxygen atoms in total. The average molecular weight is 345 g/mol. The maximum absolute atomic E-state index is 13.5. The molecule has 24 heavy (non-hydrogen) atoms. The van der Waals surface area contributed by atoms with Gasteiger partial charge in [-0.25, -0.2) is 4.98 Å². The van der Waals surface area contributed by atoms with Crippen molar-refractivity contribution < 1.29 is 23.1 Å². The zero-order chi connectivity index (χ0) is 17.7. The zero-order valence-corrected chi connectivity index (χ0v) is 13.6. The fourth-order valence-electron chi connectivity index (χ4n) is 2.98. The van der Waals surface area contributed by atoms with E-state index in [-0.39, 0.29) is 18.5 Å². The monoisotopic (exact) mass is 345 g/mol. The van der Waals surface area contributed by atoms with Crippen molar-refractivity contribution in [2.24, 2.45) is 0 Å². The van der Waals surface area contributed by atoms with Gasteiger partial charge in [-0.3, -0.25) is 4.79 Å². The molecule has 0 fully saturated rings. The van der Waals surface area contributed by atoms with Gasteiger partial charge in [0.05, 0.1) is 6.33 Å². The number of rotatable bonds is 8. The van der Waals surface area contributed by atoms with E-state index < -0.39 is 23.9 Å². The van der Waals surface area contributed by atoms with Crippen LogP contribution in [0.4, 0.5) is 13.2 Å². The van der Waals surface area contributed by atoms with Gasteiger partial charge in [0.25, 0.3) is 5.91 Å². The topological polar surface area (TPSA) is 58.4 Å². The van der Waals surface area contributed by atoms with E-state index in [2.05, 4.69) is 4.98 Å². The molecule has 0 spiro atoms. The van der Waals surface area contributed by atoms with E-state index in [4.69, 9.17) is 0 Å². The molecule has 1 aliphatic rings. The highest BCUT2D eigenvalue weighted by atomic mass is 19.4. The lowest BCUT2D eigenvalue weighted by Crippen LogP contribution is -2.46. The molecule has 0 aliphatic carbocycles. The van der Waals surface area contributed by atoms with Gasteiger partial charge < -0.3 is 14.6 Å². The second-order valence-electron chi connectivity index (χ2n) is 5.93. The Morgan fingerprint density at radius 2 is 2.00 bits per heavy atom. The number of amides is 1. The summed E-state index contributed by atoms with van der Waals surface area (Å²) < 4.78 is 42.1. The third kappa shape index (κ3) is 4.10. The molecule has 0 saturated carbocycles. The number of aromatic nitrogens is 2. The minimum absolute atomic E-state index is 0.0669. The average Bonchev–Trinajstić information content (AvgIpc) is 3.10. The Morgan fingerprint density at radius 1 is 1.25 bits per heavy atom. The first-order valence-electron chi connectivity index (χ1n) is 8.11. The summed E-state index contributed by atoms with van der Waals surface area (Å²) in [6.45, 7) is 2.33. The van der Waals surface area contributed by atoms with Gasteiger partial charge in [0, 0.05) is 31.1 Å². The Labute approximate surface area is 138 Å². The molecule has 1 aromatic heterocycles. The maximum Gasteiger partial charge on any atom is 0.412 e. The van der Waals surface area contributed by atoms with Crippen LogP contribution in [-0.4, -0.2) is 44.2 Å². The highest BCUT2D eigenvalue weighted by molar-refractivity contribution is 5.95. The van der Waals surface area contributed by atoms with Gasteiger partial charge in [-0.15, -0.1) is 0 Å². The van der Waals surface area contributed by atoms with Crippen LogP contribution in [0, 0.1) is 0 Å². The number of hydrogen-bond donors (Lipinski definition) is 1. The number of alkyl halides is 3. The van der Waals surface area contributed by atoms with Crippen LogP contribution < -0.4 is 0 Å². The van der Waals surface area contributed by atoms with Gasteiger partial charge in [-0.2, -0.15) is 13.2 Å². The normalized spacial score (nSPS) is 18.8. The molecule has 1 amide bonds. The molecule has 0 saturated heterocycles. The lowest BCUT2D eigenvalue weighted by atomic mass is 10.0. The molecule has 0 radical (unpaired) electrons. The van der Waals surface area contributed by atoms with Crippen LogP contribution in [0.5, 0.6) is 0 Å². The lowest BCUT2D eigenvalue weighted by molar-refractivity contribution is -0.176. The fourth-order valence-corrected chi connectivity index (χ4v) is 2.98. The second-order valence-corrected chi connectivity index (χ2v) is 5.93. The lowest BCUT2D eigenvalue weighted by Gasteiger charge is -2.28. The molecular weight excluding hydrogens is 323 g/mol. The number of aliphatic hydroxyl groups is 1. The predicted octanol–water partition coefficient (Wildman–Crippen LogP) is 3.44. The number of carbonyl (C=O) groups is 1. The first-order chi connectivity index (χ1) is 11.4. The summed E-state index contributed by atoms with van der Waals surface area (Å²) >= 11 is 0. The minimum Gasteiger partial charge on any atom is -0.503 e. The molecule has 134 valence electrons. The van der Waals surface area contributed by atoms with Crippen LogP contribution in [0.1, 0.15) is 39.0 Å². The van der Waals surface area contributed by atoms with Crippen molar-refractivity contribution in [3.05, 3.63) is 30.1 Å².